The van der Waals surface area contributed by atoms with Gasteiger partial charge in [-0.15, -0.1) is 0 Å². The van der Waals surface area contributed by atoms with Crippen LogP contribution in [0.25, 0.3) is 5.53 Å². The highest BCUT2D eigenvalue weighted by Gasteiger charge is 2.33. The number of carbonyl (C=O) groups is 1. The zero-order valence-corrected chi connectivity index (χ0v) is 9.38. The van der Waals surface area contributed by atoms with Crippen LogP contribution < -0.4 is 5.32 Å². The summed E-state index contributed by atoms with van der Waals surface area (Å²) in [5, 5.41) is 0.906. The van der Waals surface area contributed by atoms with Gasteiger partial charge in [0.05, 0.1) is 0 Å². The Morgan fingerprint density at radius 3 is 2.76 bits per heavy atom. The summed E-state index contributed by atoms with van der Waals surface area (Å²) in [6.07, 6.45) is 4.51. The topological polar surface area (TPSA) is 120 Å². The maximum Gasteiger partial charge on any atom is 0.318 e. The molecule has 2 N–H and O–H groups in total. The number of rotatable bonds is 3. The second kappa shape index (κ2) is 4.88. The average Bonchev–Trinajstić information content (AvgIpc) is 2.27. The Balaban J connectivity index is 3.04. The lowest BCUT2D eigenvalue weighted by Crippen LogP contribution is -2.32. The maximum absolute atomic E-state index is 11.0. The molecule has 1 rings (SSSR count). The standard InChI is InChI=1S/C9H9N3O4S/c1-2-9(13)11-6-3-4-8(17(14,15)16)7(5-6)12-10/h2-5,8H,1H2,(H,11,13)(H,14,15,16). The van der Waals surface area contributed by atoms with Crippen molar-refractivity contribution in [2.24, 2.45) is 0 Å². The van der Waals surface area contributed by atoms with Crippen LogP contribution in [0.1, 0.15) is 0 Å². The van der Waals surface area contributed by atoms with Crippen LogP contribution in [0.2, 0.25) is 0 Å². The average molecular weight is 255 g/mol. The van der Waals surface area contributed by atoms with E-state index in [0.29, 0.717) is 0 Å². The third-order valence-corrected chi connectivity index (χ3v) is 2.98. The summed E-state index contributed by atoms with van der Waals surface area (Å²) in [5.41, 5.74) is 8.56. The first-order valence-electron chi connectivity index (χ1n) is 4.40. The first-order chi connectivity index (χ1) is 7.88. The zero-order valence-electron chi connectivity index (χ0n) is 8.57. The molecular formula is C9H9N3O4S. The molecule has 0 spiro atoms. The molecule has 7 nitrogen and oxygen atoms in total. The van der Waals surface area contributed by atoms with Gasteiger partial charge in [0, 0.05) is 11.8 Å². The molecule has 1 unspecified atom stereocenters. The lowest BCUT2D eigenvalue weighted by atomic mass is 10.1. The summed E-state index contributed by atoms with van der Waals surface area (Å²) >= 11 is 0. The van der Waals surface area contributed by atoms with E-state index in [1.807, 2.05) is 0 Å². The lowest BCUT2D eigenvalue weighted by Gasteiger charge is -2.10. The number of allylic oxidation sites excluding steroid dienone is 2. The van der Waals surface area contributed by atoms with Gasteiger partial charge in [-0.25, -0.2) is 0 Å². The number of carbonyl (C=O) groups excluding carboxylic acids is 1. The van der Waals surface area contributed by atoms with Crippen molar-refractivity contribution in [2.45, 2.75) is 5.25 Å². The quantitative estimate of drug-likeness (QED) is 0.310. The summed E-state index contributed by atoms with van der Waals surface area (Å²) in [6, 6.07) is 0. The molecule has 0 fully saturated rings. The third kappa shape index (κ3) is 3.22. The smallest absolute Gasteiger partial charge is 0.318 e. The van der Waals surface area contributed by atoms with E-state index in [0.717, 1.165) is 18.2 Å². The Labute approximate surface area is 97.5 Å². The van der Waals surface area contributed by atoms with Crippen molar-refractivity contribution < 1.29 is 22.6 Å². The second-order valence-electron chi connectivity index (χ2n) is 3.11. The molecule has 1 aliphatic carbocycles. The Morgan fingerprint density at radius 1 is 1.65 bits per heavy atom. The van der Waals surface area contributed by atoms with Crippen molar-refractivity contribution >= 4 is 21.7 Å². The highest BCUT2D eigenvalue weighted by molar-refractivity contribution is 7.87. The summed E-state index contributed by atoms with van der Waals surface area (Å²) in [5.74, 6) is -0.497. The molecule has 0 saturated heterocycles. The minimum Gasteiger partial charge on any atom is -0.361 e. The van der Waals surface area contributed by atoms with Crippen LogP contribution in [-0.2, 0) is 14.9 Å². The number of nitrogens with zero attached hydrogens (tertiary/aromatic N) is 2. The zero-order chi connectivity index (χ0) is 13.1. The molecule has 8 heteroatoms. The van der Waals surface area contributed by atoms with Gasteiger partial charge in [0.15, 0.2) is 0 Å². The van der Waals surface area contributed by atoms with Crippen molar-refractivity contribution in [1.82, 2.24) is 5.32 Å². The molecular weight excluding hydrogens is 246 g/mol. The number of nitrogens with one attached hydrogen (secondary N) is 1. The SMILES string of the molecule is C=CC(=O)NC1=CC(=[N+]=[N-])C(S(=O)(=O)O)C=C1. The van der Waals surface area contributed by atoms with E-state index in [-0.39, 0.29) is 11.4 Å². The summed E-state index contributed by atoms with van der Waals surface area (Å²) in [4.78, 5) is 13.7. The Morgan fingerprint density at radius 2 is 2.29 bits per heavy atom. The van der Waals surface area contributed by atoms with Crippen LogP contribution in [0.5, 0.6) is 0 Å². The Hall–Kier alpha value is -2.02. The molecule has 90 valence electrons. The van der Waals surface area contributed by atoms with E-state index in [4.69, 9.17) is 10.1 Å². The van der Waals surface area contributed by atoms with Crippen LogP contribution in [0.15, 0.2) is 36.6 Å². The van der Waals surface area contributed by atoms with Gasteiger partial charge in [0.25, 0.3) is 10.1 Å². The van der Waals surface area contributed by atoms with E-state index >= 15 is 0 Å². The highest BCUT2D eigenvalue weighted by atomic mass is 32.2. The second-order valence-corrected chi connectivity index (χ2v) is 4.65. The molecule has 0 aliphatic heterocycles. The normalized spacial score (nSPS) is 19.2. The van der Waals surface area contributed by atoms with Crippen molar-refractivity contribution in [3.8, 4) is 0 Å². The van der Waals surface area contributed by atoms with Crippen LogP contribution in [0, 0.1) is 0 Å². The first-order valence-corrected chi connectivity index (χ1v) is 5.90. The van der Waals surface area contributed by atoms with Gasteiger partial charge in [0.2, 0.25) is 11.2 Å². The fourth-order valence-electron chi connectivity index (χ4n) is 1.19. The molecule has 1 aliphatic rings. The first kappa shape index (κ1) is 13.0. The molecule has 1 amide bonds. The Kier molecular flexibility index (Phi) is 3.74. The van der Waals surface area contributed by atoms with Gasteiger partial charge < -0.3 is 10.8 Å². The van der Waals surface area contributed by atoms with Crippen molar-refractivity contribution in [3.63, 3.8) is 0 Å². The predicted octanol–water partition coefficient (Wildman–Crippen LogP) is -0.330. The van der Waals surface area contributed by atoms with Crippen LogP contribution in [0.3, 0.4) is 0 Å². The van der Waals surface area contributed by atoms with Crippen LogP contribution >= 0.6 is 0 Å². The Bertz CT molecular complexity index is 567. The van der Waals surface area contributed by atoms with Gasteiger partial charge in [-0.05, 0) is 12.2 Å². The molecule has 0 saturated carbocycles. The molecule has 0 aromatic carbocycles. The fraction of sp³-hybridized carbons (Fsp3) is 0.111. The fourth-order valence-corrected chi connectivity index (χ4v) is 1.89. The molecule has 1 atom stereocenters. The van der Waals surface area contributed by atoms with E-state index < -0.39 is 21.3 Å². The van der Waals surface area contributed by atoms with E-state index in [1.54, 1.807) is 0 Å². The number of amides is 1. The molecule has 0 radical (unpaired) electrons. The van der Waals surface area contributed by atoms with Gasteiger partial charge in [-0.1, -0.05) is 12.7 Å². The summed E-state index contributed by atoms with van der Waals surface area (Å²) in [6.45, 7) is 3.24. The van der Waals surface area contributed by atoms with Crippen LogP contribution in [0.4, 0.5) is 0 Å². The molecule has 0 aromatic heterocycles. The summed E-state index contributed by atoms with van der Waals surface area (Å²) in [7, 11) is -4.40. The minimum absolute atomic E-state index is 0.225. The lowest BCUT2D eigenvalue weighted by molar-refractivity contribution is -0.115. The van der Waals surface area contributed by atoms with E-state index in [9.17, 15) is 13.2 Å². The molecule has 0 aromatic rings. The molecule has 0 bridgehead atoms. The van der Waals surface area contributed by atoms with Gasteiger partial charge >= 0.3 is 5.71 Å². The summed E-state index contributed by atoms with van der Waals surface area (Å²) < 4.78 is 30.7. The monoisotopic (exact) mass is 255 g/mol. The predicted molar refractivity (Wildman–Crippen MR) is 59.5 cm³/mol. The minimum atomic E-state index is -4.40. The largest absolute Gasteiger partial charge is 0.361 e. The van der Waals surface area contributed by atoms with Crippen molar-refractivity contribution in [3.05, 3.63) is 42.1 Å². The number of hydrogen-bond acceptors (Lipinski definition) is 3. The third-order valence-electron chi connectivity index (χ3n) is 1.93. The maximum atomic E-state index is 11.0. The highest BCUT2D eigenvalue weighted by Crippen LogP contribution is 2.11. The van der Waals surface area contributed by atoms with Gasteiger partial charge in [-0.3, -0.25) is 9.35 Å². The van der Waals surface area contributed by atoms with Crippen molar-refractivity contribution in [1.29, 1.82) is 0 Å². The van der Waals surface area contributed by atoms with E-state index in [1.165, 1.54) is 6.08 Å². The van der Waals surface area contributed by atoms with Crippen LogP contribution in [-0.4, -0.2) is 34.6 Å². The van der Waals surface area contributed by atoms with E-state index in [2.05, 4.69) is 16.7 Å². The molecule has 17 heavy (non-hydrogen) atoms. The van der Waals surface area contributed by atoms with Crippen molar-refractivity contribution in [2.75, 3.05) is 0 Å². The van der Waals surface area contributed by atoms with Gasteiger partial charge in [-0.2, -0.15) is 13.2 Å². The molecule has 0 heterocycles. The number of hydrogen-bond donors (Lipinski definition) is 2. The van der Waals surface area contributed by atoms with Gasteiger partial charge in [0.1, 0.15) is 0 Å².